The molecule has 0 saturated heterocycles. The van der Waals surface area contributed by atoms with E-state index in [1.807, 2.05) is 0 Å². The van der Waals surface area contributed by atoms with Crippen LogP contribution in [-0.2, 0) is 0 Å². The summed E-state index contributed by atoms with van der Waals surface area (Å²) >= 11 is 5.22. The van der Waals surface area contributed by atoms with Crippen molar-refractivity contribution in [2.24, 2.45) is 4.99 Å². The highest BCUT2D eigenvalue weighted by molar-refractivity contribution is 7.71. The minimum atomic E-state index is -0.546. The molecule has 27 heavy (non-hydrogen) atoms. The number of methoxy groups -OCH3 is 2. The number of hydrogen-bond donors (Lipinski definition) is 2. The van der Waals surface area contributed by atoms with Crippen LogP contribution in [0.2, 0.25) is 0 Å². The topological polar surface area (TPSA) is 88.8 Å². The molecule has 3 rings (SSSR count). The summed E-state index contributed by atoms with van der Waals surface area (Å²) in [5.74, 6) is 0.791. The Morgan fingerprint density at radius 1 is 1.15 bits per heavy atom. The van der Waals surface area contributed by atoms with Crippen molar-refractivity contribution in [1.29, 1.82) is 0 Å². The van der Waals surface area contributed by atoms with Gasteiger partial charge in [0.05, 0.1) is 25.6 Å². The van der Waals surface area contributed by atoms with Crippen LogP contribution in [0.4, 0.5) is 5.69 Å². The Kier molecular flexibility index (Phi) is 5.37. The van der Waals surface area contributed by atoms with Gasteiger partial charge in [0.1, 0.15) is 17.1 Å². The molecule has 0 amide bonds. The lowest BCUT2D eigenvalue weighted by Crippen LogP contribution is -2.18. The van der Waals surface area contributed by atoms with Crippen molar-refractivity contribution in [1.82, 2.24) is 9.55 Å². The third-order valence-electron chi connectivity index (χ3n) is 3.84. The molecule has 1 aromatic heterocycles. The molecule has 0 spiro atoms. The standard InChI is InChI=1S/C19H17N3O4S/c1-25-13-7-5-6-12(10-13)20-11-14-17(23)21-19(27)22(18(14)24)15-8-3-4-9-16(15)26-2/h3-11,24H,1-2H3,(H,21,23,27). The molecule has 0 bridgehead atoms. The Hall–Kier alpha value is -3.39. The highest BCUT2D eigenvalue weighted by atomic mass is 32.1. The number of ether oxygens (including phenoxy) is 2. The summed E-state index contributed by atoms with van der Waals surface area (Å²) in [5.41, 5.74) is 0.488. The number of aliphatic imine (C=N–C) groups is 1. The van der Waals surface area contributed by atoms with Crippen LogP contribution in [0.25, 0.3) is 5.69 Å². The summed E-state index contributed by atoms with van der Waals surface area (Å²) in [4.78, 5) is 19.1. The van der Waals surface area contributed by atoms with E-state index in [1.165, 1.54) is 17.9 Å². The van der Waals surface area contributed by atoms with E-state index in [4.69, 9.17) is 21.7 Å². The second-order valence-corrected chi connectivity index (χ2v) is 5.85. The molecule has 0 aliphatic carbocycles. The zero-order valence-electron chi connectivity index (χ0n) is 14.7. The van der Waals surface area contributed by atoms with Gasteiger partial charge in [-0.15, -0.1) is 0 Å². The number of H-pyrrole nitrogens is 1. The fourth-order valence-corrected chi connectivity index (χ4v) is 2.80. The molecule has 0 aliphatic rings. The highest BCUT2D eigenvalue weighted by Gasteiger charge is 2.15. The molecule has 8 heteroatoms. The number of aromatic amines is 1. The zero-order valence-corrected chi connectivity index (χ0v) is 15.5. The van der Waals surface area contributed by atoms with Crippen molar-refractivity contribution in [3.8, 4) is 23.1 Å². The van der Waals surface area contributed by atoms with Crippen molar-refractivity contribution in [3.63, 3.8) is 0 Å². The van der Waals surface area contributed by atoms with Crippen LogP contribution in [0.5, 0.6) is 17.4 Å². The largest absolute Gasteiger partial charge is 0.497 e. The average molecular weight is 383 g/mol. The third-order valence-corrected chi connectivity index (χ3v) is 4.13. The lowest BCUT2D eigenvalue weighted by Gasteiger charge is -2.14. The highest BCUT2D eigenvalue weighted by Crippen LogP contribution is 2.27. The summed E-state index contributed by atoms with van der Waals surface area (Å²) in [7, 11) is 3.06. The van der Waals surface area contributed by atoms with E-state index in [9.17, 15) is 9.90 Å². The Labute approximate surface area is 160 Å². The maximum Gasteiger partial charge on any atom is 0.264 e. The van der Waals surface area contributed by atoms with E-state index in [-0.39, 0.29) is 16.2 Å². The molecule has 0 fully saturated rings. The van der Waals surface area contributed by atoms with Crippen LogP contribution in [0.3, 0.4) is 0 Å². The summed E-state index contributed by atoms with van der Waals surface area (Å²) in [6.07, 6.45) is 1.28. The molecule has 2 N–H and O–H groups in total. The molecule has 1 heterocycles. The molecule has 0 radical (unpaired) electrons. The van der Waals surface area contributed by atoms with Gasteiger partial charge in [-0.1, -0.05) is 18.2 Å². The van der Waals surface area contributed by atoms with Gasteiger partial charge in [-0.3, -0.25) is 19.3 Å². The van der Waals surface area contributed by atoms with Gasteiger partial charge in [-0.25, -0.2) is 0 Å². The quantitative estimate of drug-likeness (QED) is 0.521. The second-order valence-electron chi connectivity index (χ2n) is 5.46. The predicted molar refractivity (Wildman–Crippen MR) is 106 cm³/mol. The van der Waals surface area contributed by atoms with E-state index >= 15 is 0 Å². The molecule has 0 saturated carbocycles. The van der Waals surface area contributed by atoms with E-state index in [1.54, 1.807) is 55.6 Å². The molecule has 3 aromatic rings. The minimum Gasteiger partial charge on any atom is -0.497 e. The van der Waals surface area contributed by atoms with Gasteiger partial charge in [0.25, 0.3) is 5.56 Å². The Morgan fingerprint density at radius 3 is 2.67 bits per heavy atom. The van der Waals surface area contributed by atoms with E-state index in [0.717, 1.165) is 0 Å². The van der Waals surface area contributed by atoms with Crippen molar-refractivity contribution in [3.05, 3.63) is 69.2 Å². The number of nitrogens with zero attached hydrogens (tertiary/aromatic N) is 2. The van der Waals surface area contributed by atoms with Crippen LogP contribution in [0.15, 0.2) is 58.3 Å². The molecule has 138 valence electrons. The number of nitrogens with one attached hydrogen (secondary N) is 1. The zero-order chi connectivity index (χ0) is 19.4. The number of aromatic hydroxyl groups is 1. The van der Waals surface area contributed by atoms with Gasteiger partial charge in [0, 0.05) is 12.3 Å². The van der Waals surface area contributed by atoms with Crippen LogP contribution >= 0.6 is 12.2 Å². The first-order valence-electron chi connectivity index (χ1n) is 7.95. The second kappa shape index (κ2) is 7.88. The number of rotatable bonds is 5. The minimum absolute atomic E-state index is 0.0303. The molecule has 0 atom stereocenters. The van der Waals surface area contributed by atoms with Gasteiger partial charge >= 0.3 is 0 Å². The van der Waals surface area contributed by atoms with Crippen molar-refractivity contribution >= 4 is 24.1 Å². The van der Waals surface area contributed by atoms with Crippen molar-refractivity contribution in [2.45, 2.75) is 0 Å². The summed E-state index contributed by atoms with van der Waals surface area (Å²) in [6.45, 7) is 0. The van der Waals surface area contributed by atoms with Crippen LogP contribution in [0.1, 0.15) is 5.56 Å². The lowest BCUT2D eigenvalue weighted by molar-refractivity contribution is 0.402. The molecular weight excluding hydrogens is 366 g/mol. The molecule has 0 unspecified atom stereocenters. The maximum absolute atomic E-state index is 12.3. The lowest BCUT2D eigenvalue weighted by atomic mass is 10.2. The Bertz CT molecular complexity index is 1120. The number of aromatic nitrogens is 2. The normalized spacial score (nSPS) is 10.9. The predicted octanol–water partition coefficient (Wildman–Crippen LogP) is 3.37. The van der Waals surface area contributed by atoms with Crippen molar-refractivity contribution < 1.29 is 14.6 Å². The summed E-state index contributed by atoms with van der Waals surface area (Å²) in [5, 5.41) is 10.7. The van der Waals surface area contributed by atoms with Crippen LogP contribution in [0, 0.1) is 4.77 Å². The molecule has 2 aromatic carbocycles. The summed E-state index contributed by atoms with van der Waals surface area (Å²) in [6, 6.07) is 14.0. The number of benzene rings is 2. The first-order chi connectivity index (χ1) is 13.0. The molecular formula is C19H17N3O4S. The van der Waals surface area contributed by atoms with Gasteiger partial charge in [0.15, 0.2) is 4.77 Å². The SMILES string of the molecule is COc1cccc(N=Cc2c(O)n(-c3ccccc3OC)c(=S)[nH]c2=O)c1. The summed E-state index contributed by atoms with van der Waals surface area (Å²) < 4.78 is 11.8. The molecule has 0 aliphatic heterocycles. The monoisotopic (exact) mass is 383 g/mol. The first kappa shape index (κ1) is 18.4. The Morgan fingerprint density at radius 2 is 1.93 bits per heavy atom. The number of para-hydroxylation sites is 2. The van der Waals surface area contributed by atoms with Crippen LogP contribution in [-0.4, -0.2) is 35.1 Å². The van der Waals surface area contributed by atoms with Gasteiger partial charge < -0.3 is 14.6 Å². The smallest absolute Gasteiger partial charge is 0.264 e. The average Bonchev–Trinajstić information content (AvgIpc) is 2.68. The maximum atomic E-state index is 12.3. The van der Waals surface area contributed by atoms with Crippen molar-refractivity contribution in [2.75, 3.05) is 14.2 Å². The van der Waals surface area contributed by atoms with Gasteiger partial charge in [-0.2, -0.15) is 0 Å². The first-order valence-corrected chi connectivity index (χ1v) is 8.35. The van der Waals surface area contributed by atoms with Gasteiger partial charge in [0.2, 0.25) is 5.88 Å². The Balaban J connectivity index is 2.13. The number of hydrogen-bond acceptors (Lipinski definition) is 6. The fraction of sp³-hybridized carbons (Fsp3) is 0.105. The van der Waals surface area contributed by atoms with Gasteiger partial charge in [-0.05, 0) is 36.5 Å². The van der Waals surface area contributed by atoms with E-state index < -0.39 is 5.56 Å². The van der Waals surface area contributed by atoms with Crippen LogP contribution < -0.4 is 15.0 Å². The molecule has 7 nitrogen and oxygen atoms in total. The fourth-order valence-electron chi connectivity index (χ4n) is 2.52. The van der Waals surface area contributed by atoms with E-state index in [2.05, 4.69) is 9.98 Å². The third kappa shape index (κ3) is 3.75. The van der Waals surface area contributed by atoms with E-state index in [0.29, 0.717) is 22.9 Å².